The number of rotatable bonds is 7. The van der Waals surface area contributed by atoms with Crippen molar-refractivity contribution in [3.05, 3.63) is 45.9 Å². The number of halogens is 1. The van der Waals surface area contributed by atoms with Gasteiger partial charge in [-0.25, -0.2) is 4.98 Å². The van der Waals surface area contributed by atoms with Gasteiger partial charge in [0, 0.05) is 23.1 Å². The van der Waals surface area contributed by atoms with Crippen LogP contribution in [0.5, 0.6) is 5.75 Å². The highest BCUT2D eigenvalue weighted by Crippen LogP contribution is 2.17. The number of aromatic nitrogens is 1. The van der Waals surface area contributed by atoms with Crippen LogP contribution in [0.25, 0.3) is 0 Å². The van der Waals surface area contributed by atoms with Crippen molar-refractivity contribution in [1.82, 2.24) is 10.3 Å². The molecular formula is C14H17ClN2O2S. The zero-order valence-corrected chi connectivity index (χ0v) is 12.7. The van der Waals surface area contributed by atoms with Crippen molar-refractivity contribution < 1.29 is 9.84 Å². The minimum Gasteiger partial charge on any atom is -0.491 e. The number of aliphatic hydroxyl groups excluding tert-OH is 1. The predicted molar refractivity (Wildman–Crippen MR) is 81.5 cm³/mol. The molecule has 2 N–H and O–H groups in total. The molecule has 0 bridgehead atoms. The number of nitrogens with zero attached hydrogens (tertiary/aromatic N) is 1. The standard InChI is InChI=1S/C14H17ClN2O2S/c1-10(14-16-5-6-20-14)17-8-12(18)9-19-13-4-2-3-11(15)7-13/h2-7,10,12,17-18H,8-9H2,1H3. The van der Waals surface area contributed by atoms with Crippen molar-refractivity contribution in [3.8, 4) is 5.75 Å². The van der Waals surface area contributed by atoms with E-state index >= 15 is 0 Å². The Bertz CT molecular complexity index is 522. The average molecular weight is 313 g/mol. The number of benzene rings is 1. The van der Waals surface area contributed by atoms with Crippen LogP contribution in [-0.2, 0) is 0 Å². The highest BCUT2D eigenvalue weighted by Gasteiger charge is 2.11. The van der Waals surface area contributed by atoms with E-state index in [0.29, 0.717) is 17.3 Å². The number of ether oxygens (including phenoxy) is 1. The van der Waals surface area contributed by atoms with E-state index in [1.807, 2.05) is 24.4 Å². The van der Waals surface area contributed by atoms with Crippen LogP contribution >= 0.6 is 22.9 Å². The first kappa shape index (κ1) is 15.3. The van der Waals surface area contributed by atoms with Gasteiger partial charge in [-0.05, 0) is 25.1 Å². The lowest BCUT2D eigenvalue weighted by Crippen LogP contribution is -2.33. The molecule has 2 rings (SSSR count). The van der Waals surface area contributed by atoms with Crippen LogP contribution in [0.3, 0.4) is 0 Å². The van der Waals surface area contributed by atoms with Crippen LogP contribution in [0.15, 0.2) is 35.8 Å². The van der Waals surface area contributed by atoms with E-state index in [-0.39, 0.29) is 12.6 Å². The third-order valence-corrected chi connectivity index (χ3v) is 3.91. The average Bonchev–Trinajstić information content (AvgIpc) is 2.97. The Morgan fingerprint density at radius 2 is 2.35 bits per heavy atom. The summed E-state index contributed by atoms with van der Waals surface area (Å²) in [4.78, 5) is 4.23. The van der Waals surface area contributed by atoms with Gasteiger partial charge in [0.2, 0.25) is 0 Å². The maximum atomic E-state index is 9.89. The first-order chi connectivity index (χ1) is 9.65. The number of aliphatic hydroxyl groups is 1. The van der Waals surface area contributed by atoms with Crippen LogP contribution in [0.2, 0.25) is 5.02 Å². The lowest BCUT2D eigenvalue weighted by Gasteiger charge is -2.16. The van der Waals surface area contributed by atoms with Crippen LogP contribution in [0.1, 0.15) is 18.0 Å². The van der Waals surface area contributed by atoms with Gasteiger partial charge in [0.25, 0.3) is 0 Å². The van der Waals surface area contributed by atoms with Crippen LogP contribution in [-0.4, -0.2) is 29.3 Å². The second-order valence-corrected chi connectivity index (χ2v) is 5.79. The molecule has 0 aliphatic carbocycles. The second kappa shape index (κ2) is 7.59. The number of thiazole rings is 1. The number of nitrogens with one attached hydrogen (secondary N) is 1. The minimum absolute atomic E-state index is 0.121. The zero-order valence-electron chi connectivity index (χ0n) is 11.1. The summed E-state index contributed by atoms with van der Waals surface area (Å²) in [7, 11) is 0. The maximum absolute atomic E-state index is 9.89. The molecular weight excluding hydrogens is 296 g/mol. The van der Waals surface area contributed by atoms with Crippen molar-refractivity contribution >= 4 is 22.9 Å². The van der Waals surface area contributed by atoms with Crippen molar-refractivity contribution in [2.75, 3.05) is 13.2 Å². The fourth-order valence-corrected chi connectivity index (χ4v) is 2.51. The molecule has 0 radical (unpaired) electrons. The second-order valence-electron chi connectivity index (χ2n) is 4.42. The Hall–Kier alpha value is -1.14. The Balaban J connectivity index is 1.71. The van der Waals surface area contributed by atoms with E-state index in [1.165, 1.54) is 0 Å². The van der Waals surface area contributed by atoms with Crippen molar-refractivity contribution in [2.24, 2.45) is 0 Å². The summed E-state index contributed by atoms with van der Waals surface area (Å²) < 4.78 is 5.48. The van der Waals surface area contributed by atoms with Crippen LogP contribution < -0.4 is 10.1 Å². The fraction of sp³-hybridized carbons (Fsp3) is 0.357. The molecule has 1 aromatic heterocycles. The molecule has 0 spiro atoms. The SMILES string of the molecule is CC(NCC(O)COc1cccc(Cl)c1)c1nccs1. The predicted octanol–water partition coefficient (Wildman–Crippen LogP) is 2.89. The van der Waals surface area contributed by atoms with Gasteiger partial charge in [0.1, 0.15) is 23.5 Å². The van der Waals surface area contributed by atoms with Gasteiger partial charge in [-0.15, -0.1) is 11.3 Å². The van der Waals surface area contributed by atoms with E-state index in [0.717, 1.165) is 5.01 Å². The summed E-state index contributed by atoms with van der Waals surface area (Å²) in [6, 6.07) is 7.25. The minimum atomic E-state index is -0.587. The summed E-state index contributed by atoms with van der Waals surface area (Å²) in [6.45, 7) is 2.68. The van der Waals surface area contributed by atoms with Gasteiger partial charge in [0.05, 0.1) is 6.04 Å². The normalized spacial score (nSPS) is 13.9. The van der Waals surface area contributed by atoms with Crippen molar-refractivity contribution in [3.63, 3.8) is 0 Å². The van der Waals surface area contributed by atoms with Gasteiger partial charge in [-0.2, -0.15) is 0 Å². The molecule has 20 heavy (non-hydrogen) atoms. The molecule has 0 fully saturated rings. The number of hydrogen-bond donors (Lipinski definition) is 2. The first-order valence-electron chi connectivity index (χ1n) is 6.34. The molecule has 6 heteroatoms. The molecule has 0 amide bonds. The van der Waals surface area contributed by atoms with E-state index in [1.54, 1.807) is 29.7 Å². The summed E-state index contributed by atoms with van der Waals surface area (Å²) in [5.41, 5.74) is 0. The third kappa shape index (κ3) is 4.76. The van der Waals surface area contributed by atoms with E-state index in [4.69, 9.17) is 16.3 Å². The highest BCUT2D eigenvalue weighted by atomic mass is 35.5. The molecule has 1 heterocycles. The molecule has 0 saturated carbocycles. The van der Waals surface area contributed by atoms with E-state index in [9.17, 15) is 5.11 Å². The summed E-state index contributed by atoms with van der Waals surface area (Å²) >= 11 is 7.45. The van der Waals surface area contributed by atoms with Gasteiger partial charge in [0.15, 0.2) is 0 Å². The summed E-state index contributed by atoms with van der Waals surface area (Å²) in [5, 5.41) is 16.7. The molecule has 2 aromatic rings. The topological polar surface area (TPSA) is 54.4 Å². The zero-order chi connectivity index (χ0) is 14.4. The molecule has 108 valence electrons. The Kier molecular flexibility index (Phi) is 5.79. The number of hydrogen-bond acceptors (Lipinski definition) is 5. The van der Waals surface area contributed by atoms with Gasteiger partial charge < -0.3 is 15.2 Å². The van der Waals surface area contributed by atoms with Crippen molar-refractivity contribution in [1.29, 1.82) is 0 Å². The van der Waals surface area contributed by atoms with E-state index in [2.05, 4.69) is 10.3 Å². The Morgan fingerprint density at radius 1 is 1.50 bits per heavy atom. The molecule has 0 aliphatic heterocycles. The van der Waals surface area contributed by atoms with E-state index < -0.39 is 6.10 Å². The van der Waals surface area contributed by atoms with Gasteiger partial charge >= 0.3 is 0 Å². The van der Waals surface area contributed by atoms with Crippen LogP contribution in [0.4, 0.5) is 0 Å². The van der Waals surface area contributed by atoms with Gasteiger partial charge in [-0.1, -0.05) is 17.7 Å². The first-order valence-corrected chi connectivity index (χ1v) is 7.60. The molecule has 2 atom stereocenters. The van der Waals surface area contributed by atoms with Crippen LogP contribution in [0, 0.1) is 0 Å². The smallest absolute Gasteiger partial charge is 0.120 e. The fourth-order valence-electron chi connectivity index (χ4n) is 1.66. The lowest BCUT2D eigenvalue weighted by molar-refractivity contribution is 0.104. The molecule has 0 aliphatic rings. The Morgan fingerprint density at radius 3 is 3.05 bits per heavy atom. The molecule has 0 saturated heterocycles. The summed E-state index contributed by atoms with van der Waals surface area (Å²) in [5.74, 6) is 0.657. The maximum Gasteiger partial charge on any atom is 0.120 e. The third-order valence-electron chi connectivity index (χ3n) is 2.72. The Labute approximate surface area is 127 Å². The molecule has 2 unspecified atom stereocenters. The molecule has 4 nitrogen and oxygen atoms in total. The quantitative estimate of drug-likeness (QED) is 0.825. The molecule has 1 aromatic carbocycles. The van der Waals surface area contributed by atoms with Crippen molar-refractivity contribution in [2.45, 2.75) is 19.1 Å². The lowest BCUT2D eigenvalue weighted by atomic mass is 10.3. The summed E-state index contributed by atoms with van der Waals surface area (Å²) in [6.07, 6.45) is 1.19. The van der Waals surface area contributed by atoms with Gasteiger partial charge in [-0.3, -0.25) is 0 Å². The largest absolute Gasteiger partial charge is 0.491 e. The highest BCUT2D eigenvalue weighted by molar-refractivity contribution is 7.09. The monoisotopic (exact) mass is 312 g/mol.